The third kappa shape index (κ3) is 3.04. The Morgan fingerprint density at radius 1 is 1.09 bits per heavy atom. The highest BCUT2D eigenvalue weighted by molar-refractivity contribution is 6.33. The highest BCUT2D eigenvalue weighted by atomic mass is 35.5. The van der Waals surface area contributed by atoms with Gasteiger partial charge in [-0.1, -0.05) is 35.9 Å². The van der Waals surface area contributed by atoms with Gasteiger partial charge in [0, 0.05) is 0 Å². The number of hydrogen-bond acceptors (Lipinski definition) is 3. The first-order valence-electron chi connectivity index (χ1n) is 6.84. The van der Waals surface area contributed by atoms with Crippen molar-refractivity contribution < 1.29 is 9.59 Å². The van der Waals surface area contributed by atoms with Gasteiger partial charge in [0.15, 0.2) is 0 Å². The third-order valence-corrected chi connectivity index (χ3v) is 3.70. The first kappa shape index (κ1) is 14.4. The fourth-order valence-corrected chi connectivity index (χ4v) is 2.47. The number of nitrogens with one attached hydrogen (secondary N) is 3. The predicted octanol–water partition coefficient (Wildman–Crippen LogP) is 3.10. The van der Waals surface area contributed by atoms with Crippen LogP contribution in [-0.4, -0.2) is 17.9 Å². The summed E-state index contributed by atoms with van der Waals surface area (Å²) in [5, 5.41) is 9.03. The van der Waals surface area contributed by atoms with E-state index >= 15 is 0 Å². The fourth-order valence-electron chi connectivity index (χ4n) is 2.28. The third-order valence-electron chi connectivity index (χ3n) is 3.37. The highest BCUT2D eigenvalue weighted by Crippen LogP contribution is 2.27. The van der Waals surface area contributed by atoms with E-state index in [1.807, 2.05) is 18.2 Å². The number of amides is 2. The maximum atomic E-state index is 12.1. The van der Waals surface area contributed by atoms with E-state index in [2.05, 4.69) is 16.0 Å². The first-order chi connectivity index (χ1) is 10.6. The maximum absolute atomic E-state index is 12.1. The van der Waals surface area contributed by atoms with Crippen LogP contribution in [0.5, 0.6) is 0 Å². The van der Waals surface area contributed by atoms with Gasteiger partial charge in [0.1, 0.15) is 6.04 Å². The van der Waals surface area contributed by atoms with Gasteiger partial charge in [0.05, 0.1) is 28.5 Å². The molecule has 3 N–H and O–H groups in total. The highest BCUT2D eigenvalue weighted by Gasteiger charge is 2.27. The van der Waals surface area contributed by atoms with Crippen molar-refractivity contribution in [2.75, 3.05) is 16.0 Å². The quantitative estimate of drug-likeness (QED) is 0.815. The van der Waals surface area contributed by atoms with Crippen molar-refractivity contribution in [3.8, 4) is 0 Å². The lowest BCUT2D eigenvalue weighted by atomic mass is 10.1. The molecule has 2 aromatic carbocycles. The zero-order valence-corrected chi connectivity index (χ0v) is 12.4. The van der Waals surface area contributed by atoms with E-state index in [-0.39, 0.29) is 18.2 Å². The molecule has 1 aliphatic heterocycles. The van der Waals surface area contributed by atoms with Gasteiger partial charge in [0.2, 0.25) is 11.8 Å². The number of rotatable bonds is 3. The Morgan fingerprint density at radius 2 is 1.77 bits per heavy atom. The SMILES string of the molecule is O=C(C[C@@H]1Nc2ccccc2NC1=O)Nc1ccccc1Cl. The molecule has 6 heteroatoms. The van der Waals surface area contributed by atoms with Gasteiger partial charge in [0.25, 0.3) is 0 Å². The Kier molecular flexibility index (Phi) is 3.98. The topological polar surface area (TPSA) is 70.2 Å². The summed E-state index contributed by atoms with van der Waals surface area (Å²) in [7, 11) is 0. The second-order valence-electron chi connectivity index (χ2n) is 4.96. The first-order valence-corrected chi connectivity index (χ1v) is 7.22. The van der Waals surface area contributed by atoms with Crippen LogP contribution < -0.4 is 16.0 Å². The van der Waals surface area contributed by atoms with E-state index in [1.54, 1.807) is 30.3 Å². The van der Waals surface area contributed by atoms with Crippen LogP contribution in [0.25, 0.3) is 0 Å². The Bertz CT molecular complexity index is 733. The number of para-hydroxylation sites is 3. The molecule has 1 aliphatic rings. The Labute approximate surface area is 132 Å². The Balaban J connectivity index is 1.67. The molecule has 0 unspecified atom stereocenters. The van der Waals surface area contributed by atoms with Crippen LogP contribution in [0.3, 0.4) is 0 Å². The van der Waals surface area contributed by atoms with Gasteiger partial charge in [-0.15, -0.1) is 0 Å². The second-order valence-corrected chi connectivity index (χ2v) is 5.37. The normalized spacial score (nSPS) is 16.2. The number of carbonyl (C=O) groups excluding carboxylic acids is 2. The van der Waals surface area contributed by atoms with Crippen LogP contribution in [0.1, 0.15) is 6.42 Å². The molecule has 0 spiro atoms. The monoisotopic (exact) mass is 315 g/mol. The van der Waals surface area contributed by atoms with E-state index in [4.69, 9.17) is 11.6 Å². The average molecular weight is 316 g/mol. The minimum atomic E-state index is -0.614. The molecule has 0 saturated heterocycles. The molecular weight excluding hydrogens is 302 g/mol. The van der Waals surface area contributed by atoms with E-state index in [0.717, 1.165) is 11.4 Å². The summed E-state index contributed by atoms with van der Waals surface area (Å²) >= 11 is 6.00. The van der Waals surface area contributed by atoms with Crippen LogP contribution in [0, 0.1) is 0 Å². The minimum Gasteiger partial charge on any atom is -0.372 e. The van der Waals surface area contributed by atoms with Gasteiger partial charge >= 0.3 is 0 Å². The lowest BCUT2D eigenvalue weighted by Crippen LogP contribution is -2.41. The summed E-state index contributed by atoms with van der Waals surface area (Å²) in [5.74, 6) is -0.506. The van der Waals surface area contributed by atoms with Gasteiger partial charge in [-0.2, -0.15) is 0 Å². The van der Waals surface area contributed by atoms with Crippen molar-refractivity contribution in [2.45, 2.75) is 12.5 Å². The lowest BCUT2D eigenvalue weighted by molar-refractivity contribution is -0.122. The van der Waals surface area contributed by atoms with E-state index < -0.39 is 6.04 Å². The molecule has 22 heavy (non-hydrogen) atoms. The molecule has 5 nitrogen and oxygen atoms in total. The summed E-state index contributed by atoms with van der Waals surface area (Å²) in [6.45, 7) is 0. The number of hydrogen-bond donors (Lipinski definition) is 3. The molecular formula is C16H14ClN3O2. The van der Waals surface area contributed by atoms with Crippen LogP contribution in [0.15, 0.2) is 48.5 Å². The van der Waals surface area contributed by atoms with Crippen molar-refractivity contribution in [2.24, 2.45) is 0 Å². The molecule has 112 valence electrons. The largest absolute Gasteiger partial charge is 0.372 e. The van der Waals surface area contributed by atoms with Crippen LogP contribution in [0.4, 0.5) is 17.1 Å². The Morgan fingerprint density at radius 3 is 2.55 bits per heavy atom. The van der Waals surface area contributed by atoms with Crippen molar-refractivity contribution in [3.63, 3.8) is 0 Å². The summed E-state index contributed by atoms with van der Waals surface area (Å²) in [5.41, 5.74) is 2.05. The van der Waals surface area contributed by atoms with Crippen LogP contribution in [0.2, 0.25) is 5.02 Å². The second kappa shape index (κ2) is 6.07. The van der Waals surface area contributed by atoms with Gasteiger partial charge < -0.3 is 16.0 Å². The fraction of sp³-hybridized carbons (Fsp3) is 0.125. The molecule has 0 radical (unpaired) electrons. The number of fused-ring (bicyclic) bond motifs is 1. The number of halogens is 1. The van der Waals surface area contributed by atoms with Gasteiger partial charge in [-0.05, 0) is 24.3 Å². The Hall–Kier alpha value is -2.53. The van der Waals surface area contributed by atoms with Gasteiger partial charge in [-0.25, -0.2) is 0 Å². The van der Waals surface area contributed by atoms with E-state index in [0.29, 0.717) is 10.7 Å². The zero-order chi connectivity index (χ0) is 15.5. The molecule has 0 fully saturated rings. The summed E-state index contributed by atoms with van der Waals surface area (Å²) in [6.07, 6.45) is 0.0192. The molecule has 0 aromatic heterocycles. The molecule has 2 aromatic rings. The van der Waals surface area contributed by atoms with Crippen molar-refractivity contribution in [1.82, 2.24) is 0 Å². The minimum absolute atomic E-state index is 0.0192. The molecule has 1 heterocycles. The molecule has 0 aliphatic carbocycles. The summed E-state index contributed by atoms with van der Waals surface area (Å²) < 4.78 is 0. The molecule has 3 rings (SSSR count). The average Bonchev–Trinajstić information content (AvgIpc) is 2.50. The summed E-state index contributed by atoms with van der Waals surface area (Å²) in [4.78, 5) is 24.1. The standard InChI is InChI=1S/C16H14ClN3O2/c17-10-5-1-2-6-11(10)19-15(21)9-14-16(22)20-13-8-4-3-7-12(13)18-14/h1-8,14,18H,9H2,(H,19,21)(H,20,22)/t14-/m0/s1. The number of benzene rings is 2. The van der Waals surface area contributed by atoms with Crippen molar-refractivity contribution >= 4 is 40.5 Å². The molecule has 0 bridgehead atoms. The number of anilines is 3. The van der Waals surface area contributed by atoms with Crippen molar-refractivity contribution in [1.29, 1.82) is 0 Å². The molecule has 1 atom stereocenters. The predicted molar refractivity (Wildman–Crippen MR) is 87.2 cm³/mol. The number of carbonyl (C=O) groups is 2. The van der Waals surface area contributed by atoms with Crippen LogP contribution >= 0.6 is 11.6 Å². The van der Waals surface area contributed by atoms with E-state index in [9.17, 15) is 9.59 Å². The summed E-state index contributed by atoms with van der Waals surface area (Å²) in [6, 6.07) is 13.7. The van der Waals surface area contributed by atoms with Crippen LogP contribution in [-0.2, 0) is 9.59 Å². The van der Waals surface area contributed by atoms with E-state index in [1.165, 1.54) is 0 Å². The lowest BCUT2D eigenvalue weighted by Gasteiger charge is -2.26. The van der Waals surface area contributed by atoms with Gasteiger partial charge in [-0.3, -0.25) is 9.59 Å². The maximum Gasteiger partial charge on any atom is 0.247 e. The molecule has 0 saturated carbocycles. The molecule has 2 amide bonds. The smallest absolute Gasteiger partial charge is 0.247 e. The zero-order valence-electron chi connectivity index (χ0n) is 11.6. The van der Waals surface area contributed by atoms with Crippen molar-refractivity contribution in [3.05, 3.63) is 53.6 Å².